The number of esters is 1. The highest BCUT2D eigenvalue weighted by molar-refractivity contribution is 5.92. The van der Waals surface area contributed by atoms with Gasteiger partial charge in [-0.1, -0.05) is 152 Å². The molecular formula is C41H58O4. The maximum atomic E-state index is 12.9. The van der Waals surface area contributed by atoms with Gasteiger partial charge < -0.3 is 14.2 Å². The molecule has 0 bridgehead atoms. The smallest absolute Gasteiger partial charge is 0.343 e. The van der Waals surface area contributed by atoms with E-state index in [0.29, 0.717) is 23.7 Å². The van der Waals surface area contributed by atoms with Gasteiger partial charge in [0.2, 0.25) is 0 Å². The highest BCUT2D eigenvalue weighted by Gasteiger charge is 2.13. The molecule has 0 aliphatic carbocycles. The van der Waals surface area contributed by atoms with Gasteiger partial charge >= 0.3 is 5.97 Å². The van der Waals surface area contributed by atoms with E-state index in [4.69, 9.17) is 14.2 Å². The summed E-state index contributed by atoms with van der Waals surface area (Å²) in [4.78, 5) is 12.9. The minimum absolute atomic E-state index is 0.0763. The fourth-order valence-corrected chi connectivity index (χ4v) is 5.57. The summed E-state index contributed by atoms with van der Waals surface area (Å²) < 4.78 is 17.8. The van der Waals surface area contributed by atoms with Crippen molar-refractivity contribution in [3.63, 3.8) is 0 Å². The van der Waals surface area contributed by atoms with E-state index in [9.17, 15) is 4.79 Å². The van der Waals surface area contributed by atoms with Crippen molar-refractivity contribution in [2.75, 3.05) is 13.2 Å². The number of ether oxygens (including phenoxy) is 3. The van der Waals surface area contributed by atoms with E-state index in [1.54, 1.807) is 6.07 Å². The van der Waals surface area contributed by atoms with Crippen molar-refractivity contribution in [1.82, 2.24) is 0 Å². The summed E-state index contributed by atoms with van der Waals surface area (Å²) in [6.07, 6.45) is 20.6. The average Bonchev–Trinajstić information content (AvgIpc) is 3.07. The van der Waals surface area contributed by atoms with E-state index in [2.05, 4.69) is 45.0 Å². The number of benzene rings is 3. The van der Waals surface area contributed by atoms with E-state index >= 15 is 0 Å². The molecule has 0 aliphatic heterocycles. The van der Waals surface area contributed by atoms with Crippen LogP contribution in [0.2, 0.25) is 0 Å². The molecule has 0 heterocycles. The minimum Gasteiger partial charge on any atom is -0.490 e. The largest absolute Gasteiger partial charge is 0.490 e. The highest BCUT2D eigenvalue weighted by Crippen LogP contribution is 2.29. The summed E-state index contributed by atoms with van der Waals surface area (Å²) in [5.41, 5.74) is 3.85. The first-order chi connectivity index (χ1) is 22.1. The number of hydrogen-bond acceptors (Lipinski definition) is 4. The Kier molecular flexibility index (Phi) is 18.1. The summed E-state index contributed by atoms with van der Waals surface area (Å²) >= 11 is 0. The maximum Gasteiger partial charge on any atom is 0.343 e. The van der Waals surface area contributed by atoms with Crippen LogP contribution in [0.5, 0.6) is 11.5 Å². The molecule has 0 amide bonds. The van der Waals surface area contributed by atoms with Crippen LogP contribution in [0.4, 0.5) is 0 Å². The molecule has 1 unspecified atom stereocenters. The summed E-state index contributed by atoms with van der Waals surface area (Å²) in [5.74, 6) is 0.677. The van der Waals surface area contributed by atoms with Crippen LogP contribution >= 0.6 is 0 Å². The zero-order valence-electron chi connectivity index (χ0n) is 28.4. The van der Waals surface area contributed by atoms with E-state index in [0.717, 1.165) is 37.0 Å². The van der Waals surface area contributed by atoms with E-state index < -0.39 is 0 Å². The van der Waals surface area contributed by atoms with Gasteiger partial charge in [0.05, 0.1) is 18.3 Å². The molecule has 3 aromatic rings. The second-order valence-electron chi connectivity index (χ2n) is 12.3. The first-order valence-corrected chi connectivity index (χ1v) is 17.9. The van der Waals surface area contributed by atoms with Gasteiger partial charge in [-0.25, -0.2) is 4.79 Å². The van der Waals surface area contributed by atoms with Crippen molar-refractivity contribution in [3.05, 3.63) is 83.9 Å². The predicted molar refractivity (Wildman–Crippen MR) is 188 cm³/mol. The molecule has 1 atom stereocenters. The number of carbonyl (C=O) groups excluding carboxylic acids is 1. The SMILES string of the molecule is CCCCCCCCCCCCOC(C)c1ccc(-c2ccc(C(=O)Oc3ccccc3OCCCCCCCC)cc2)cc1. The number of unbranched alkanes of at least 4 members (excludes halogenated alkanes) is 14. The van der Waals surface area contributed by atoms with E-state index in [1.807, 2.05) is 42.5 Å². The predicted octanol–water partition coefficient (Wildman–Crippen LogP) is 12.3. The Morgan fingerprint density at radius 2 is 1.02 bits per heavy atom. The van der Waals surface area contributed by atoms with Crippen LogP contribution in [0.25, 0.3) is 11.1 Å². The van der Waals surface area contributed by atoms with Crippen molar-refractivity contribution in [3.8, 4) is 22.6 Å². The summed E-state index contributed by atoms with van der Waals surface area (Å²) in [5, 5.41) is 0. The lowest BCUT2D eigenvalue weighted by atomic mass is 10.0. The second-order valence-corrected chi connectivity index (χ2v) is 12.3. The monoisotopic (exact) mass is 614 g/mol. The first-order valence-electron chi connectivity index (χ1n) is 17.9. The van der Waals surface area contributed by atoms with Gasteiger partial charge in [-0.15, -0.1) is 0 Å². The average molecular weight is 615 g/mol. The van der Waals surface area contributed by atoms with Gasteiger partial charge in [0.15, 0.2) is 11.5 Å². The molecule has 0 N–H and O–H groups in total. The lowest BCUT2D eigenvalue weighted by Gasteiger charge is -2.14. The van der Waals surface area contributed by atoms with Crippen molar-refractivity contribution in [1.29, 1.82) is 0 Å². The normalized spacial score (nSPS) is 11.8. The standard InChI is InChI=1S/C41H58O4/c1-4-6-8-10-12-13-14-15-17-20-32-43-34(3)35-24-26-36(27-25-35)37-28-30-38(31-29-37)41(42)45-40-23-19-18-22-39(40)44-33-21-16-11-9-7-5-2/h18-19,22-31,34H,4-17,20-21,32-33H2,1-3H3. The Bertz CT molecular complexity index is 1180. The second kappa shape index (κ2) is 22.4. The van der Waals surface area contributed by atoms with Gasteiger partial charge in [-0.3, -0.25) is 0 Å². The van der Waals surface area contributed by atoms with Crippen LogP contribution in [-0.2, 0) is 4.74 Å². The lowest BCUT2D eigenvalue weighted by Crippen LogP contribution is -2.10. The molecule has 0 fully saturated rings. The molecule has 0 radical (unpaired) electrons. The van der Waals surface area contributed by atoms with Gasteiger partial charge in [-0.05, 0) is 60.7 Å². The molecule has 0 aliphatic rings. The van der Waals surface area contributed by atoms with Gasteiger partial charge in [0.1, 0.15) is 0 Å². The Morgan fingerprint density at radius 3 is 1.58 bits per heavy atom. The van der Waals surface area contributed by atoms with Crippen molar-refractivity contribution < 1.29 is 19.0 Å². The van der Waals surface area contributed by atoms with Gasteiger partial charge in [0, 0.05) is 6.61 Å². The van der Waals surface area contributed by atoms with Gasteiger partial charge in [-0.2, -0.15) is 0 Å². The number of para-hydroxylation sites is 2. The molecule has 0 aromatic heterocycles. The number of carbonyl (C=O) groups is 1. The quantitative estimate of drug-likeness (QED) is 0.0572. The van der Waals surface area contributed by atoms with E-state index in [1.165, 1.54) is 89.0 Å². The Morgan fingerprint density at radius 1 is 0.556 bits per heavy atom. The lowest BCUT2D eigenvalue weighted by molar-refractivity contribution is 0.0627. The molecule has 246 valence electrons. The molecule has 4 nitrogen and oxygen atoms in total. The molecular weight excluding hydrogens is 556 g/mol. The summed E-state index contributed by atoms with van der Waals surface area (Å²) in [6, 6.07) is 23.5. The maximum absolute atomic E-state index is 12.9. The molecule has 4 heteroatoms. The van der Waals surface area contributed by atoms with Crippen molar-refractivity contribution >= 4 is 5.97 Å². The summed E-state index contributed by atoms with van der Waals surface area (Å²) in [6.45, 7) is 8.06. The van der Waals surface area contributed by atoms with Crippen LogP contribution in [-0.4, -0.2) is 19.2 Å². The van der Waals surface area contributed by atoms with Crippen molar-refractivity contribution in [2.24, 2.45) is 0 Å². The Labute approximate surface area is 273 Å². The third-order valence-electron chi connectivity index (χ3n) is 8.51. The summed E-state index contributed by atoms with van der Waals surface area (Å²) in [7, 11) is 0. The number of hydrogen-bond donors (Lipinski definition) is 0. The third-order valence-corrected chi connectivity index (χ3v) is 8.51. The van der Waals surface area contributed by atoms with Crippen LogP contribution < -0.4 is 9.47 Å². The zero-order chi connectivity index (χ0) is 32.0. The molecule has 3 rings (SSSR count). The molecule has 45 heavy (non-hydrogen) atoms. The van der Waals surface area contributed by atoms with Crippen LogP contribution in [0.3, 0.4) is 0 Å². The fraction of sp³-hybridized carbons (Fsp3) is 0.537. The molecule has 0 spiro atoms. The Balaban J connectivity index is 1.39. The fourth-order valence-electron chi connectivity index (χ4n) is 5.57. The molecule has 0 saturated heterocycles. The van der Waals surface area contributed by atoms with Crippen molar-refractivity contribution in [2.45, 2.75) is 130 Å². The minimum atomic E-state index is -0.388. The van der Waals surface area contributed by atoms with Crippen LogP contribution in [0, 0.1) is 0 Å². The first kappa shape index (κ1) is 36.4. The van der Waals surface area contributed by atoms with Gasteiger partial charge in [0.25, 0.3) is 0 Å². The highest BCUT2D eigenvalue weighted by atomic mass is 16.6. The zero-order valence-corrected chi connectivity index (χ0v) is 28.4. The Hall–Kier alpha value is -3.11. The third kappa shape index (κ3) is 14.2. The molecule has 0 saturated carbocycles. The van der Waals surface area contributed by atoms with Crippen LogP contribution in [0.1, 0.15) is 146 Å². The topological polar surface area (TPSA) is 44.8 Å². The molecule has 3 aromatic carbocycles. The van der Waals surface area contributed by atoms with E-state index in [-0.39, 0.29) is 12.1 Å². The van der Waals surface area contributed by atoms with Crippen LogP contribution in [0.15, 0.2) is 72.8 Å². The number of rotatable bonds is 24.